The van der Waals surface area contributed by atoms with Gasteiger partial charge < -0.3 is 10.2 Å². The largest absolute Gasteiger partial charge is 0.306 e. The third-order valence-corrected chi connectivity index (χ3v) is 4.60. The molecule has 3 rings (SSSR count). The van der Waals surface area contributed by atoms with Crippen molar-refractivity contribution in [3.05, 3.63) is 34.9 Å². The highest BCUT2D eigenvalue weighted by molar-refractivity contribution is 6.30. The summed E-state index contributed by atoms with van der Waals surface area (Å²) < 4.78 is 0. The van der Waals surface area contributed by atoms with Gasteiger partial charge in [-0.15, -0.1) is 0 Å². The van der Waals surface area contributed by atoms with E-state index in [1.807, 2.05) is 12.1 Å². The van der Waals surface area contributed by atoms with E-state index in [0.717, 1.165) is 5.02 Å². The van der Waals surface area contributed by atoms with Crippen molar-refractivity contribution in [2.75, 3.05) is 20.1 Å². The molecule has 1 heterocycles. The molecule has 0 radical (unpaired) electrons. The highest BCUT2D eigenvalue weighted by Crippen LogP contribution is 2.46. The first kappa shape index (κ1) is 12.5. The van der Waals surface area contributed by atoms with Gasteiger partial charge >= 0.3 is 0 Å². The Labute approximate surface area is 114 Å². The minimum Gasteiger partial charge on any atom is -0.306 e. The summed E-state index contributed by atoms with van der Waals surface area (Å²) in [4.78, 5) is 2.42. The maximum atomic E-state index is 5.96. The highest BCUT2D eigenvalue weighted by Gasteiger charge is 2.45. The molecule has 18 heavy (non-hydrogen) atoms. The molecule has 0 atom stereocenters. The number of hydrogen-bond acceptors (Lipinski definition) is 2. The SMILES string of the molecule is CN1CCC(NC2(c3ccc(Cl)cc3)CC2)CC1. The number of halogens is 1. The summed E-state index contributed by atoms with van der Waals surface area (Å²) in [5.74, 6) is 0. The van der Waals surface area contributed by atoms with Gasteiger partial charge in [0.2, 0.25) is 0 Å². The van der Waals surface area contributed by atoms with Gasteiger partial charge in [-0.1, -0.05) is 23.7 Å². The van der Waals surface area contributed by atoms with Crippen LogP contribution >= 0.6 is 11.6 Å². The van der Waals surface area contributed by atoms with Crippen molar-refractivity contribution in [3.8, 4) is 0 Å². The zero-order chi connectivity index (χ0) is 12.6. The first-order valence-electron chi connectivity index (χ1n) is 6.90. The lowest BCUT2D eigenvalue weighted by Crippen LogP contribution is -2.45. The molecule has 2 aliphatic rings. The van der Waals surface area contributed by atoms with E-state index in [1.165, 1.54) is 44.3 Å². The second-order valence-electron chi connectivity index (χ2n) is 5.81. The Morgan fingerprint density at radius 3 is 2.33 bits per heavy atom. The fourth-order valence-corrected chi connectivity index (χ4v) is 3.08. The minimum atomic E-state index is 0.255. The highest BCUT2D eigenvalue weighted by atomic mass is 35.5. The van der Waals surface area contributed by atoms with Gasteiger partial charge in [0.05, 0.1) is 0 Å². The van der Waals surface area contributed by atoms with Crippen molar-refractivity contribution >= 4 is 11.6 Å². The van der Waals surface area contributed by atoms with Crippen LogP contribution in [-0.2, 0) is 5.54 Å². The third kappa shape index (κ3) is 2.56. The Morgan fingerprint density at radius 2 is 1.78 bits per heavy atom. The lowest BCUT2D eigenvalue weighted by Gasteiger charge is -2.33. The van der Waals surface area contributed by atoms with Crippen molar-refractivity contribution in [2.45, 2.75) is 37.3 Å². The van der Waals surface area contributed by atoms with E-state index in [1.54, 1.807) is 0 Å². The smallest absolute Gasteiger partial charge is 0.0438 e. The second-order valence-corrected chi connectivity index (χ2v) is 6.25. The van der Waals surface area contributed by atoms with Crippen LogP contribution in [0.4, 0.5) is 0 Å². The Morgan fingerprint density at radius 1 is 1.17 bits per heavy atom. The van der Waals surface area contributed by atoms with E-state index < -0.39 is 0 Å². The Balaban J connectivity index is 1.66. The molecule has 2 fully saturated rings. The van der Waals surface area contributed by atoms with E-state index in [9.17, 15) is 0 Å². The minimum absolute atomic E-state index is 0.255. The Hall–Kier alpha value is -0.570. The average Bonchev–Trinajstić information content (AvgIpc) is 3.14. The molecule has 0 spiro atoms. The van der Waals surface area contributed by atoms with E-state index in [0.29, 0.717) is 6.04 Å². The van der Waals surface area contributed by atoms with E-state index in [2.05, 4.69) is 29.4 Å². The molecule has 1 aromatic carbocycles. The molecule has 0 aromatic heterocycles. The summed E-state index contributed by atoms with van der Waals surface area (Å²) >= 11 is 5.96. The summed E-state index contributed by atoms with van der Waals surface area (Å²) in [6.45, 7) is 2.43. The van der Waals surface area contributed by atoms with Crippen LogP contribution in [0.25, 0.3) is 0 Å². The van der Waals surface area contributed by atoms with Gasteiger partial charge in [0, 0.05) is 16.6 Å². The molecule has 98 valence electrons. The predicted molar refractivity (Wildman–Crippen MR) is 76.0 cm³/mol. The summed E-state index contributed by atoms with van der Waals surface area (Å²) in [7, 11) is 2.21. The Bertz CT molecular complexity index is 403. The number of nitrogens with one attached hydrogen (secondary N) is 1. The van der Waals surface area contributed by atoms with Gasteiger partial charge in [0.1, 0.15) is 0 Å². The van der Waals surface area contributed by atoms with Crippen LogP contribution in [0, 0.1) is 0 Å². The summed E-state index contributed by atoms with van der Waals surface area (Å²) in [5, 5.41) is 4.72. The number of likely N-dealkylation sites (tertiary alicyclic amines) is 1. The monoisotopic (exact) mass is 264 g/mol. The van der Waals surface area contributed by atoms with E-state index in [-0.39, 0.29) is 5.54 Å². The lowest BCUT2D eigenvalue weighted by molar-refractivity contribution is 0.220. The van der Waals surface area contributed by atoms with Gasteiger partial charge in [-0.05, 0) is 63.5 Å². The maximum Gasteiger partial charge on any atom is 0.0438 e. The molecular weight excluding hydrogens is 244 g/mol. The van der Waals surface area contributed by atoms with Crippen LogP contribution in [0.2, 0.25) is 5.02 Å². The van der Waals surface area contributed by atoms with Crippen molar-refractivity contribution in [1.29, 1.82) is 0 Å². The number of piperidine rings is 1. The van der Waals surface area contributed by atoms with Gasteiger partial charge in [-0.2, -0.15) is 0 Å². The van der Waals surface area contributed by atoms with E-state index >= 15 is 0 Å². The van der Waals surface area contributed by atoms with E-state index in [4.69, 9.17) is 11.6 Å². The van der Waals surface area contributed by atoms with Crippen molar-refractivity contribution in [3.63, 3.8) is 0 Å². The molecule has 1 aliphatic heterocycles. The zero-order valence-electron chi connectivity index (χ0n) is 11.0. The van der Waals surface area contributed by atoms with Crippen molar-refractivity contribution < 1.29 is 0 Å². The van der Waals surface area contributed by atoms with Crippen LogP contribution in [-0.4, -0.2) is 31.1 Å². The first-order chi connectivity index (χ1) is 8.68. The molecule has 1 aromatic rings. The second kappa shape index (κ2) is 4.84. The maximum absolute atomic E-state index is 5.96. The number of benzene rings is 1. The molecule has 0 amide bonds. The normalized spacial score (nSPS) is 24.1. The number of nitrogens with zero attached hydrogens (tertiary/aromatic N) is 1. The molecule has 1 saturated heterocycles. The van der Waals surface area contributed by atoms with Crippen molar-refractivity contribution in [1.82, 2.24) is 10.2 Å². The quantitative estimate of drug-likeness (QED) is 0.903. The van der Waals surface area contributed by atoms with Gasteiger partial charge in [-0.25, -0.2) is 0 Å². The predicted octanol–water partition coefficient (Wildman–Crippen LogP) is 3.01. The summed E-state index contributed by atoms with van der Waals surface area (Å²) in [5.41, 5.74) is 1.66. The standard InChI is InChI=1S/C15H21ClN2/c1-18-10-6-14(7-11-18)17-15(8-9-15)12-2-4-13(16)5-3-12/h2-5,14,17H,6-11H2,1H3. The summed E-state index contributed by atoms with van der Waals surface area (Å²) in [6, 6.07) is 9.05. The average molecular weight is 265 g/mol. The lowest BCUT2D eigenvalue weighted by atomic mass is 9.99. The fraction of sp³-hybridized carbons (Fsp3) is 0.600. The molecule has 1 aliphatic carbocycles. The van der Waals surface area contributed by atoms with Gasteiger partial charge in [-0.3, -0.25) is 0 Å². The molecule has 2 nitrogen and oxygen atoms in total. The topological polar surface area (TPSA) is 15.3 Å². The van der Waals surface area contributed by atoms with Crippen molar-refractivity contribution in [2.24, 2.45) is 0 Å². The molecule has 1 N–H and O–H groups in total. The third-order valence-electron chi connectivity index (χ3n) is 4.35. The van der Waals surface area contributed by atoms with Crippen LogP contribution in [0.3, 0.4) is 0 Å². The summed E-state index contributed by atoms with van der Waals surface area (Å²) in [6.07, 6.45) is 5.07. The zero-order valence-corrected chi connectivity index (χ0v) is 11.7. The molecule has 1 saturated carbocycles. The fourth-order valence-electron chi connectivity index (χ4n) is 2.95. The number of hydrogen-bond donors (Lipinski definition) is 1. The van der Waals surface area contributed by atoms with Crippen LogP contribution in [0.1, 0.15) is 31.2 Å². The van der Waals surface area contributed by atoms with Crippen LogP contribution in [0.15, 0.2) is 24.3 Å². The first-order valence-corrected chi connectivity index (χ1v) is 7.28. The molecule has 3 heteroatoms. The van der Waals surface area contributed by atoms with Crippen LogP contribution < -0.4 is 5.32 Å². The molecule has 0 unspecified atom stereocenters. The molecule has 0 bridgehead atoms. The van der Waals surface area contributed by atoms with Gasteiger partial charge in [0.15, 0.2) is 0 Å². The Kier molecular flexibility index (Phi) is 3.35. The molecular formula is C15H21ClN2. The van der Waals surface area contributed by atoms with Crippen LogP contribution in [0.5, 0.6) is 0 Å². The van der Waals surface area contributed by atoms with Gasteiger partial charge in [0.25, 0.3) is 0 Å². The number of rotatable bonds is 3.